The van der Waals surface area contributed by atoms with Crippen molar-refractivity contribution in [1.82, 2.24) is 9.47 Å². The fraction of sp³-hybridized carbons (Fsp3) is 0.400. The molecule has 130 valence electrons. The molecule has 1 saturated heterocycles. The molecule has 1 aliphatic rings. The quantitative estimate of drug-likeness (QED) is 0.846. The molecule has 1 fully saturated rings. The summed E-state index contributed by atoms with van der Waals surface area (Å²) in [7, 11) is 0. The topological polar surface area (TPSA) is 58.3 Å². The summed E-state index contributed by atoms with van der Waals surface area (Å²) in [4.78, 5) is 14.9. The molecule has 1 aromatic heterocycles. The Hall–Kier alpha value is -2.58. The molecular formula is C20H23N3O2. The molecule has 1 atom stereocenters. The van der Waals surface area contributed by atoms with E-state index in [1.54, 1.807) is 12.1 Å². The minimum atomic E-state index is 0.0605. The molecular weight excluding hydrogens is 314 g/mol. The van der Waals surface area contributed by atoms with Crippen molar-refractivity contribution in [3.8, 4) is 11.8 Å². The molecule has 1 unspecified atom stereocenters. The molecule has 0 saturated carbocycles. The van der Waals surface area contributed by atoms with E-state index in [9.17, 15) is 4.79 Å². The van der Waals surface area contributed by atoms with Gasteiger partial charge in [-0.15, -0.1) is 0 Å². The van der Waals surface area contributed by atoms with Crippen molar-refractivity contribution in [3.63, 3.8) is 0 Å². The zero-order chi connectivity index (χ0) is 18.0. The second-order valence-electron chi connectivity index (χ2n) is 6.71. The van der Waals surface area contributed by atoms with Crippen molar-refractivity contribution in [2.45, 2.75) is 20.8 Å². The maximum atomic E-state index is 13.0. The van der Waals surface area contributed by atoms with Gasteiger partial charge in [0.2, 0.25) is 0 Å². The van der Waals surface area contributed by atoms with Crippen molar-refractivity contribution in [2.75, 3.05) is 26.3 Å². The van der Waals surface area contributed by atoms with E-state index in [2.05, 4.69) is 17.6 Å². The van der Waals surface area contributed by atoms with Crippen molar-refractivity contribution in [3.05, 3.63) is 52.8 Å². The summed E-state index contributed by atoms with van der Waals surface area (Å²) in [5.74, 6) is 0.402. The number of benzene rings is 1. The second-order valence-corrected chi connectivity index (χ2v) is 6.71. The van der Waals surface area contributed by atoms with E-state index in [-0.39, 0.29) is 5.91 Å². The van der Waals surface area contributed by atoms with Crippen LogP contribution in [0.5, 0.6) is 0 Å². The highest BCUT2D eigenvalue weighted by Crippen LogP contribution is 2.23. The number of carbonyl (C=O) groups is 1. The molecule has 0 bridgehead atoms. The first-order valence-electron chi connectivity index (χ1n) is 8.57. The Kier molecular flexibility index (Phi) is 4.91. The molecule has 5 nitrogen and oxygen atoms in total. The lowest BCUT2D eigenvalue weighted by molar-refractivity contribution is 0.0737. The first kappa shape index (κ1) is 17.2. The summed E-state index contributed by atoms with van der Waals surface area (Å²) in [6, 6.07) is 11.5. The molecule has 25 heavy (non-hydrogen) atoms. The molecule has 0 N–H and O–H groups in total. The van der Waals surface area contributed by atoms with Crippen LogP contribution in [0, 0.1) is 31.1 Å². The van der Waals surface area contributed by atoms with Gasteiger partial charge in [0, 0.05) is 30.2 Å². The van der Waals surface area contributed by atoms with Gasteiger partial charge < -0.3 is 14.2 Å². The van der Waals surface area contributed by atoms with Gasteiger partial charge in [-0.3, -0.25) is 4.79 Å². The molecule has 1 aromatic carbocycles. The number of hydrogen-bond donors (Lipinski definition) is 0. The number of ether oxygens (including phenoxy) is 1. The van der Waals surface area contributed by atoms with Crippen LogP contribution in [0.25, 0.3) is 5.69 Å². The van der Waals surface area contributed by atoms with Gasteiger partial charge in [0.1, 0.15) is 0 Å². The van der Waals surface area contributed by atoms with Crippen molar-refractivity contribution >= 4 is 5.91 Å². The third-order valence-corrected chi connectivity index (χ3v) is 4.64. The highest BCUT2D eigenvalue weighted by Gasteiger charge is 2.24. The Bertz CT molecular complexity index is 815. The van der Waals surface area contributed by atoms with Gasteiger partial charge in [-0.1, -0.05) is 6.92 Å². The smallest absolute Gasteiger partial charge is 0.255 e. The standard InChI is InChI=1S/C20H23N3O2/c1-14-12-22(8-9-25-13-14)20(24)19-10-15(2)23(16(19)3)18-6-4-17(11-21)5-7-18/h4-7,10,14H,8-9,12-13H2,1-3H3. The zero-order valence-electron chi connectivity index (χ0n) is 15.0. The predicted octanol–water partition coefficient (Wildman–Crippen LogP) is 3.07. The van der Waals surface area contributed by atoms with Crippen molar-refractivity contribution in [2.24, 2.45) is 5.92 Å². The Morgan fingerprint density at radius 1 is 1.28 bits per heavy atom. The molecule has 2 aromatic rings. The van der Waals surface area contributed by atoms with E-state index in [1.807, 2.05) is 36.9 Å². The minimum absolute atomic E-state index is 0.0605. The number of hydrogen-bond acceptors (Lipinski definition) is 3. The zero-order valence-corrected chi connectivity index (χ0v) is 15.0. The molecule has 1 amide bonds. The number of aryl methyl sites for hydroxylation is 1. The molecule has 0 spiro atoms. The van der Waals surface area contributed by atoms with Crippen LogP contribution < -0.4 is 0 Å². The van der Waals surface area contributed by atoms with Gasteiger partial charge in [-0.25, -0.2) is 0 Å². The lowest BCUT2D eigenvalue weighted by atomic mass is 10.1. The Morgan fingerprint density at radius 2 is 2.00 bits per heavy atom. The second kappa shape index (κ2) is 7.12. The summed E-state index contributed by atoms with van der Waals surface area (Å²) in [5, 5.41) is 8.96. The number of aromatic nitrogens is 1. The number of carbonyl (C=O) groups excluding carboxylic acids is 1. The van der Waals surface area contributed by atoms with Crippen molar-refractivity contribution < 1.29 is 9.53 Å². The van der Waals surface area contributed by atoms with Gasteiger partial charge in [-0.2, -0.15) is 5.26 Å². The summed E-state index contributed by atoms with van der Waals surface area (Å²) < 4.78 is 7.61. The highest BCUT2D eigenvalue weighted by atomic mass is 16.5. The van der Waals surface area contributed by atoms with E-state index in [4.69, 9.17) is 10.00 Å². The van der Waals surface area contributed by atoms with Crippen LogP contribution in [0.4, 0.5) is 0 Å². The average molecular weight is 337 g/mol. The fourth-order valence-electron chi connectivity index (χ4n) is 3.40. The Labute approximate surface area is 148 Å². The van der Waals surface area contributed by atoms with E-state index in [0.29, 0.717) is 31.2 Å². The molecule has 1 aliphatic heterocycles. The lowest BCUT2D eigenvalue weighted by Crippen LogP contribution is -2.35. The molecule has 0 aliphatic carbocycles. The van der Waals surface area contributed by atoms with Crippen LogP contribution in [-0.2, 0) is 4.74 Å². The third kappa shape index (κ3) is 3.45. The largest absolute Gasteiger partial charge is 0.379 e. The highest BCUT2D eigenvalue weighted by molar-refractivity contribution is 5.96. The van der Waals surface area contributed by atoms with E-state index >= 15 is 0 Å². The van der Waals surface area contributed by atoms with Crippen molar-refractivity contribution in [1.29, 1.82) is 5.26 Å². The molecule has 5 heteroatoms. The maximum Gasteiger partial charge on any atom is 0.255 e. The maximum absolute atomic E-state index is 13.0. The van der Waals surface area contributed by atoms with Gasteiger partial charge in [0.25, 0.3) is 5.91 Å². The normalized spacial score (nSPS) is 17.8. The number of amides is 1. The number of nitriles is 1. The minimum Gasteiger partial charge on any atom is -0.379 e. The van der Waals surface area contributed by atoms with Crippen LogP contribution in [0.1, 0.15) is 34.2 Å². The van der Waals surface area contributed by atoms with Gasteiger partial charge >= 0.3 is 0 Å². The molecule has 2 heterocycles. The summed E-state index contributed by atoms with van der Waals surface area (Å²) in [6.45, 7) is 8.71. The molecule has 3 rings (SSSR count). The van der Waals surface area contributed by atoms with Gasteiger partial charge in [0.15, 0.2) is 0 Å². The van der Waals surface area contributed by atoms with Gasteiger partial charge in [0.05, 0.1) is 30.4 Å². The number of rotatable bonds is 2. The van der Waals surface area contributed by atoms with Crippen LogP contribution in [0.3, 0.4) is 0 Å². The summed E-state index contributed by atoms with van der Waals surface area (Å²) >= 11 is 0. The average Bonchev–Trinajstić information content (AvgIpc) is 2.77. The van der Waals surface area contributed by atoms with Crippen LogP contribution in [0.2, 0.25) is 0 Å². The Balaban J connectivity index is 1.93. The summed E-state index contributed by atoms with van der Waals surface area (Å²) in [5.41, 5.74) is 4.24. The number of nitrogens with zero attached hydrogens (tertiary/aromatic N) is 3. The monoisotopic (exact) mass is 337 g/mol. The first-order chi connectivity index (χ1) is 12.0. The lowest BCUT2D eigenvalue weighted by Gasteiger charge is -2.22. The first-order valence-corrected chi connectivity index (χ1v) is 8.57. The van der Waals surface area contributed by atoms with Crippen LogP contribution in [0.15, 0.2) is 30.3 Å². The SMILES string of the molecule is Cc1cc(C(=O)N2CCOCC(C)C2)c(C)n1-c1ccc(C#N)cc1. The third-order valence-electron chi connectivity index (χ3n) is 4.64. The van der Waals surface area contributed by atoms with Gasteiger partial charge in [-0.05, 0) is 50.1 Å². The molecule has 0 radical (unpaired) electrons. The van der Waals surface area contributed by atoms with E-state index in [1.165, 1.54) is 0 Å². The fourth-order valence-corrected chi connectivity index (χ4v) is 3.40. The summed E-state index contributed by atoms with van der Waals surface area (Å²) in [6.07, 6.45) is 0. The van der Waals surface area contributed by atoms with Crippen LogP contribution in [-0.4, -0.2) is 41.7 Å². The van der Waals surface area contributed by atoms with Crippen LogP contribution >= 0.6 is 0 Å². The predicted molar refractivity (Wildman–Crippen MR) is 95.8 cm³/mol. The van der Waals surface area contributed by atoms with E-state index < -0.39 is 0 Å². The van der Waals surface area contributed by atoms with E-state index in [0.717, 1.165) is 29.2 Å². The Morgan fingerprint density at radius 3 is 2.68 bits per heavy atom.